The first-order chi connectivity index (χ1) is 12.0. The molecule has 0 aliphatic rings. The van der Waals surface area contributed by atoms with Crippen LogP contribution in [0.25, 0.3) is 5.69 Å². The zero-order valence-electron chi connectivity index (χ0n) is 14.8. The zero-order chi connectivity index (χ0) is 17.8. The highest BCUT2D eigenvalue weighted by atomic mass is 16.1. The van der Waals surface area contributed by atoms with Gasteiger partial charge in [-0.15, -0.1) is 0 Å². The van der Waals surface area contributed by atoms with E-state index in [0.29, 0.717) is 18.7 Å². The molecule has 1 aromatic carbocycles. The van der Waals surface area contributed by atoms with Crippen molar-refractivity contribution in [2.45, 2.75) is 33.6 Å². The van der Waals surface area contributed by atoms with Crippen LogP contribution in [-0.2, 0) is 11.2 Å². The number of rotatable bonds is 5. The molecule has 5 heteroatoms. The molecule has 0 saturated heterocycles. The molecule has 25 heavy (non-hydrogen) atoms. The fourth-order valence-electron chi connectivity index (χ4n) is 2.77. The summed E-state index contributed by atoms with van der Waals surface area (Å²) < 4.78 is 1.93. The van der Waals surface area contributed by atoms with Crippen molar-refractivity contribution in [1.82, 2.24) is 14.8 Å². The van der Waals surface area contributed by atoms with Crippen molar-refractivity contribution >= 4 is 11.7 Å². The monoisotopic (exact) mass is 334 g/mol. The van der Waals surface area contributed by atoms with Crippen LogP contribution in [0.4, 0.5) is 5.82 Å². The maximum Gasteiger partial charge on any atom is 0.225 e. The maximum atomic E-state index is 12.1. The smallest absolute Gasteiger partial charge is 0.225 e. The van der Waals surface area contributed by atoms with Gasteiger partial charge in [-0.2, -0.15) is 5.10 Å². The van der Waals surface area contributed by atoms with Gasteiger partial charge in [0.1, 0.15) is 5.82 Å². The van der Waals surface area contributed by atoms with Gasteiger partial charge in [0, 0.05) is 17.8 Å². The van der Waals surface area contributed by atoms with Crippen molar-refractivity contribution in [2.75, 3.05) is 5.32 Å². The molecule has 1 amide bonds. The first-order valence-electron chi connectivity index (χ1n) is 8.37. The van der Waals surface area contributed by atoms with Gasteiger partial charge in [0.05, 0.1) is 11.4 Å². The molecule has 3 aromatic rings. The molecule has 2 aromatic heterocycles. The van der Waals surface area contributed by atoms with Crippen LogP contribution in [0.3, 0.4) is 0 Å². The van der Waals surface area contributed by atoms with Crippen molar-refractivity contribution < 1.29 is 4.79 Å². The van der Waals surface area contributed by atoms with E-state index in [0.717, 1.165) is 28.3 Å². The van der Waals surface area contributed by atoms with E-state index in [2.05, 4.69) is 21.5 Å². The normalized spacial score (nSPS) is 10.7. The molecule has 0 unspecified atom stereocenters. The lowest BCUT2D eigenvalue weighted by Gasteiger charge is -2.07. The minimum absolute atomic E-state index is 0.0271. The van der Waals surface area contributed by atoms with E-state index >= 15 is 0 Å². The third-order valence-corrected chi connectivity index (χ3v) is 3.99. The zero-order valence-corrected chi connectivity index (χ0v) is 14.8. The van der Waals surface area contributed by atoms with Gasteiger partial charge in [0.2, 0.25) is 5.91 Å². The van der Waals surface area contributed by atoms with Crippen LogP contribution >= 0.6 is 0 Å². The lowest BCUT2D eigenvalue weighted by Crippen LogP contribution is -2.13. The molecule has 128 valence electrons. The summed E-state index contributed by atoms with van der Waals surface area (Å²) in [5, 5.41) is 7.32. The molecule has 0 fully saturated rings. The fourth-order valence-corrected chi connectivity index (χ4v) is 2.77. The molecule has 0 aliphatic carbocycles. The number of pyridine rings is 1. The molecule has 0 spiro atoms. The second-order valence-electron chi connectivity index (χ2n) is 6.22. The number of carbonyl (C=O) groups is 1. The summed E-state index contributed by atoms with van der Waals surface area (Å²) >= 11 is 0. The number of carbonyl (C=O) groups excluding carboxylic acids is 1. The highest BCUT2D eigenvalue weighted by Crippen LogP contribution is 2.14. The van der Waals surface area contributed by atoms with Gasteiger partial charge in [-0.25, -0.2) is 9.67 Å². The third-order valence-electron chi connectivity index (χ3n) is 3.99. The van der Waals surface area contributed by atoms with E-state index in [-0.39, 0.29) is 5.91 Å². The summed E-state index contributed by atoms with van der Waals surface area (Å²) in [4.78, 5) is 16.3. The highest BCUT2D eigenvalue weighted by Gasteiger charge is 2.06. The molecular weight excluding hydrogens is 312 g/mol. The number of nitrogens with one attached hydrogen (secondary N) is 1. The minimum atomic E-state index is -0.0271. The number of amides is 1. The molecule has 1 N–H and O–H groups in total. The Bertz CT molecular complexity index is 881. The Morgan fingerprint density at radius 2 is 1.80 bits per heavy atom. The lowest BCUT2D eigenvalue weighted by atomic mass is 10.1. The Morgan fingerprint density at radius 1 is 1.04 bits per heavy atom. The number of aryl methyl sites for hydroxylation is 4. The van der Waals surface area contributed by atoms with E-state index in [1.165, 1.54) is 0 Å². The Labute approximate surface area is 147 Å². The average molecular weight is 334 g/mol. The van der Waals surface area contributed by atoms with Gasteiger partial charge in [-0.3, -0.25) is 4.79 Å². The standard InChI is InChI=1S/C20H22N4O/c1-14-5-4-6-19(21-14)22-20(25)12-9-17-7-10-18(11-8-17)24-16(3)13-15(2)23-24/h4-8,10-11,13H,9,12H2,1-3H3,(H,21,22,25). The van der Waals surface area contributed by atoms with Gasteiger partial charge in [0.15, 0.2) is 0 Å². The number of anilines is 1. The number of nitrogens with zero attached hydrogens (tertiary/aromatic N) is 3. The second kappa shape index (κ2) is 7.30. The second-order valence-corrected chi connectivity index (χ2v) is 6.22. The highest BCUT2D eigenvalue weighted by molar-refractivity contribution is 5.89. The molecule has 2 heterocycles. The Balaban J connectivity index is 1.58. The topological polar surface area (TPSA) is 59.8 Å². The van der Waals surface area contributed by atoms with Crippen LogP contribution in [0.5, 0.6) is 0 Å². The van der Waals surface area contributed by atoms with Crippen LogP contribution in [0, 0.1) is 20.8 Å². The first kappa shape index (κ1) is 16.9. The number of benzene rings is 1. The van der Waals surface area contributed by atoms with Gasteiger partial charge >= 0.3 is 0 Å². The van der Waals surface area contributed by atoms with E-state index in [1.807, 2.05) is 61.9 Å². The van der Waals surface area contributed by atoms with E-state index in [9.17, 15) is 4.79 Å². The van der Waals surface area contributed by atoms with Gasteiger partial charge in [-0.1, -0.05) is 18.2 Å². The van der Waals surface area contributed by atoms with Gasteiger partial charge in [-0.05, 0) is 63.1 Å². The molecule has 5 nitrogen and oxygen atoms in total. The van der Waals surface area contributed by atoms with Crippen LogP contribution in [0.15, 0.2) is 48.5 Å². The molecule has 0 atom stereocenters. The number of hydrogen-bond donors (Lipinski definition) is 1. The van der Waals surface area contributed by atoms with Crippen LogP contribution in [0.1, 0.15) is 29.1 Å². The van der Waals surface area contributed by atoms with Crippen LogP contribution in [-0.4, -0.2) is 20.7 Å². The SMILES string of the molecule is Cc1cccc(NC(=O)CCc2ccc(-n3nc(C)cc3C)cc2)n1. The summed E-state index contributed by atoms with van der Waals surface area (Å²) in [7, 11) is 0. The summed E-state index contributed by atoms with van der Waals surface area (Å²) in [6.07, 6.45) is 1.12. The van der Waals surface area contributed by atoms with Gasteiger partial charge in [0.25, 0.3) is 0 Å². The van der Waals surface area contributed by atoms with Gasteiger partial charge < -0.3 is 5.32 Å². The molecule has 3 rings (SSSR count). The lowest BCUT2D eigenvalue weighted by molar-refractivity contribution is -0.116. The van der Waals surface area contributed by atoms with Crippen molar-refractivity contribution in [2.24, 2.45) is 0 Å². The van der Waals surface area contributed by atoms with Crippen molar-refractivity contribution in [3.05, 3.63) is 71.2 Å². The predicted octanol–water partition coefficient (Wildman–Crippen LogP) is 3.76. The Kier molecular flexibility index (Phi) is 4.93. The van der Waals surface area contributed by atoms with Crippen molar-refractivity contribution in [3.8, 4) is 5.69 Å². The molecule has 0 saturated carbocycles. The predicted molar refractivity (Wildman–Crippen MR) is 99.0 cm³/mol. The van der Waals surface area contributed by atoms with E-state index < -0.39 is 0 Å². The molecule has 0 radical (unpaired) electrons. The Hall–Kier alpha value is -2.95. The Morgan fingerprint density at radius 3 is 2.44 bits per heavy atom. The van der Waals surface area contributed by atoms with E-state index in [1.54, 1.807) is 6.07 Å². The van der Waals surface area contributed by atoms with Crippen LogP contribution < -0.4 is 5.32 Å². The molecular formula is C20H22N4O. The van der Waals surface area contributed by atoms with Crippen molar-refractivity contribution in [1.29, 1.82) is 0 Å². The quantitative estimate of drug-likeness (QED) is 0.773. The maximum absolute atomic E-state index is 12.1. The van der Waals surface area contributed by atoms with E-state index in [4.69, 9.17) is 0 Å². The molecule has 0 aliphatic heterocycles. The average Bonchev–Trinajstić information content (AvgIpc) is 2.92. The minimum Gasteiger partial charge on any atom is -0.311 e. The van der Waals surface area contributed by atoms with Crippen LogP contribution in [0.2, 0.25) is 0 Å². The van der Waals surface area contributed by atoms with Crippen molar-refractivity contribution in [3.63, 3.8) is 0 Å². The number of hydrogen-bond acceptors (Lipinski definition) is 3. The number of aromatic nitrogens is 3. The molecule has 0 bridgehead atoms. The summed E-state index contributed by atoms with van der Waals surface area (Å²) in [6, 6.07) is 15.8. The summed E-state index contributed by atoms with van der Waals surface area (Å²) in [5.41, 5.74) is 5.15. The first-order valence-corrected chi connectivity index (χ1v) is 8.37. The fraction of sp³-hybridized carbons (Fsp3) is 0.250. The largest absolute Gasteiger partial charge is 0.311 e. The third kappa shape index (κ3) is 4.32. The summed E-state index contributed by atoms with van der Waals surface area (Å²) in [6.45, 7) is 5.93. The summed E-state index contributed by atoms with van der Waals surface area (Å²) in [5.74, 6) is 0.575.